The van der Waals surface area contributed by atoms with Crippen molar-refractivity contribution in [2.75, 3.05) is 10.6 Å². The number of anilines is 2. The molecule has 0 fully saturated rings. The summed E-state index contributed by atoms with van der Waals surface area (Å²) in [7, 11) is 0. The molecule has 2 aromatic rings. The number of halogens is 1. The Labute approximate surface area is 134 Å². The van der Waals surface area contributed by atoms with Crippen molar-refractivity contribution in [3.8, 4) is 0 Å². The van der Waals surface area contributed by atoms with Gasteiger partial charge in [0.25, 0.3) is 5.69 Å². The van der Waals surface area contributed by atoms with Crippen LogP contribution in [0.25, 0.3) is 0 Å². The van der Waals surface area contributed by atoms with Gasteiger partial charge >= 0.3 is 0 Å². The molecule has 0 saturated heterocycles. The minimum Gasteiger partial charge on any atom is -0.332 e. The molecule has 20 heavy (non-hydrogen) atoms. The van der Waals surface area contributed by atoms with Crippen LogP contribution in [0, 0.1) is 13.7 Å². The maximum absolute atomic E-state index is 10.7. The Hall–Kier alpha value is -1.74. The van der Waals surface area contributed by atoms with E-state index in [-0.39, 0.29) is 5.69 Å². The summed E-state index contributed by atoms with van der Waals surface area (Å²) in [5, 5.41) is 17.1. The number of nitro benzene ring substituents is 1. The molecule has 2 aromatic carbocycles. The van der Waals surface area contributed by atoms with Crippen molar-refractivity contribution in [3.63, 3.8) is 0 Å². The van der Waals surface area contributed by atoms with Crippen LogP contribution in [0.3, 0.4) is 0 Å². The van der Waals surface area contributed by atoms with Gasteiger partial charge in [-0.3, -0.25) is 10.1 Å². The molecule has 102 valence electrons. The molecule has 0 radical (unpaired) electrons. The van der Waals surface area contributed by atoms with Crippen LogP contribution in [0.2, 0.25) is 0 Å². The van der Waals surface area contributed by atoms with Crippen LogP contribution in [-0.2, 0) is 0 Å². The molecule has 2 N–H and O–H groups in total. The van der Waals surface area contributed by atoms with E-state index in [0.717, 1.165) is 9.26 Å². The van der Waals surface area contributed by atoms with Crippen molar-refractivity contribution in [2.45, 2.75) is 0 Å². The van der Waals surface area contributed by atoms with Gasteiger partial charge in [0, 0.05) is 21.4 Å². The highest BCUT2D eigenvalue weighted by Crippen LogP contribution is 2.19. The number of non-ortho nitro benzene ring substituents is 1. The second-order valence-corrected chi connectivity index (χ2v) is 5.44. The molecule has 0 aliphatic heterocycles. The lowest BCUT2D eigenvalue weighted by atomic mass is 10.3. The standard InChI is InChI=1S/C13H10IN3O2S/c14-11-6-1-2-7-12(11)16-13(20)15-9-4-3-5-10(8-9)17(18)19/h1-8H,(H2,15,16,20). The van der Waals surface area contributed by atoms with Crippen molar-refractivity contribution >= 4 is 57.0 Å². The van der Waals surface area contributed by atoms with Crippen LogP contribution in [0.15, 0.2) is 48.5 Å². The van der Waals surface area contributed by atoms with Crippen LogP contribution >= 0.6 is 34.8 Å². The molecule has 0 spiro atoms. The first-order valence-electron chi connectivity index (χ1n) is 5.63. The molecule has 0 unspecified atom stereocenters. The third kappa shape index (κ3) is 3.87. The minimum atomic E-state index is -0.443. The number of hydrogen-bond acceptors (Lipinski definition) is 3. The van der Waals surface area contributed by atoms with Gasteiger partial charge in [-0.2, -0.15) is 0 Å². The first-order chi connectivity index (χ1) is 9.56. The summed E-state index contributed by atoms with van der Waals surface area (Å²) in [6, 6.07) is 13.9. The smallest absolute Gasteiger partial charge is 0.271 e. The molecule has 0 atom stereocenters. The number of para-hydroxylation sites is 1. The Bertz CT molecular complexity index is 664. The normalized spacial score (nSPS) is 9.85. The second-order valence-electron chi connectivity index (χ2n) is 3.87. The number of benzene rings is 2. The van der Waals surface area contributed by atoms with Gasteiger partial charge in [-0.25, -0.2) is 0 Å². The van der Waals surface area contributed by atoms with E-state index >= 15 is 0 Å². The molecule has 0 amide bonds. The SMILES string of the molecule is O=[N+]([O-])c1cccc(NC(=S)Nc2ccccc2I)c1. The summed E-state index contributed by atoms with van der Waals surface area (Å²) in [6.07, 6.45) is 0. The van der Waals surface area contributed by atoms with E-state index in [1.165, 1.54) is 12.1 Å². The quantitative estimate of drug-likeness (QED) is 0.354. The van der Waals surface area contributed by atoms with Crippen LogP contribution < -0.4 is 10.6 Å². The van der Waals surface area contributed by atoms with Gasteiger partial charge in [0.05, 0.1) is 10.6 Å². The molecule has 0 aliphatic rings. The van der Waals surface area contributed by atoms with E-state index in [1.54, 1.807) is 12.1 Å². The van der Waals surface area contributed by atoms with Gasteiger partial charge in [-0.15, -0.1) is 0 Å². The lowest BCUT2D eigenvalue weighted by Gasteiger charge is -2.11. The summed E-state index contributed by atoms with van der Waals surface area (Å²) in [5.74, 6) is 0. The van der Waals surface area contributed by atoms with Crippen LogP contribution in [0.1, 0.15) is 0 Å². The molecule has 0 saturated carbocycles. The maximum atomic E-state index is 10.7. The summed E-state index contributed by atoms with van der Waals surface area (Å²) >= 11 is 7.39. The summed E-state index contributed by atoms with van der Waals surface area (Å²) in [6.45, 7) is 0. The Morgan fingerprint density at radius 2 is 1.90 bits per heavy atom. The average Bonchev–Trinajstić information content (AvgIpc) is 2.41. The highest BCUT2D eigenvalue weighted by Gasteiger charge is 2.07. The largest absolute Gasteiger partial charge is 0.332 e. The lowest BCUT2D eigenvalue weighted by Crippen LogP contribution is -2.19. The van der Waals surface area contributed by atoms with Gasteiger partial charge < -0.3 is 10.6 Å². The average molecular weight is 399 g/mol. The Kier molecular flexibility index (Phi) is 4.85. The number of hydrogen-bond donors (Lipinski definition) is 2. The van der Waals surface area contributed by atoms with Gasteiger partial charge in [0.15, 0.2) is 5.11 Å². The fourth-order valence-corrected chi connectivity index (χ4v) is 2.29. The zero-order chi connectivity index (χ0) is 14.5. The third-order valence-corrected chi connectivity index (χ3v) is 3.58. The molecule has 7 heteroatoms. The fourth-order valence-electron chi connectivity index (χ4n) is 1.54. The van der Waals surface area contributed by atoms with E-state index in [9.17, 15) is 10.1 Å². The highest BCUT2D eigenvalue weighted by atomic mass is 127. The van der Waals surface area contributed by atoms with Crippen LogP contribution in [0.5, 0.6) is 0 Å². The molecule has 0 heterocycles. The monoisotopic (exact) mass is 399 g/mol. The van der Waals surface area contributed by atoms with Crippen molar-refractivity contribution in [3.05, 3.63) is 62.2 Å². The first kappa shape index (κ1) is 14.7. The molecule has 0 aliphatic carbocycles. The van der Waals surface area contributed by atoms with Crippen LogP contribution in [-0.4, -0.2) is 10.0 Å². The van der Waals surface area contributed by atoms with Crippen LogP contribution in [0.4, 0.5) is 17.1 Å². The molecule has 5 nitrogen and oxygen atoms in total. The van der Waals surface area contributed by atoms with Crippen molar-refractivity contribution in [1.82, 2.24) is 0 Å². The van der Waals surface area contributed by atoms with E-state index < -0.39 is 4.92 Å². The zero-order valence-corrected chi connectivity index (χ0v) is 13.1. The van der Waals surface area contributed by atoms with Gasteiger partial charge in [0.2, 0.25) is 0 Å². The van der Waals surface area contributed by atoms with Gasteiger partial charge in [-0.05, 0) is 53.0 Å². The fraction of sp³-hybridized carbons (Fsp3) is 0. The molecule has 0 aromatic heterocycles. The number of nitro groups is 1. The zero-order valence-electron chi connectivity index (χ0n) is 10.2. The molecule has 0 bridgehead atoms. The number of rotatable bonds is 3. The number of nitrogens with one attached hydrogen (secondary N) is 2. The Morgan fingerprint density at radius 1 is 1.15 bits per heavy atom. The predicted octanol–water partition coefficient (Wildman–Crippen LogP) is 4.01. The van der Waals surface area contributed by atoms with Crippen molar-refractivity contribution in [2.24, 2.45) is 0 Å². The lowest BCUT2D eigenvalue weighted by molar-refractivity contribution is -0.384. The molecular formula is C13H10IN3O2S. The minimum absolute atomic E-state index is 0.0205. The molecule has 2 rings (SSSR count). The van der Waals surface area contributed by atoms with E-state index in [0.29, 0.717) is 10.8 Å². The first-order valence-corrected chi connectivity index (χ1v) is 7.12. The van der Waals surface area contributed by atoms with Gasteiger partial charge in [-0.1, -0.05) is 18.2 Å². The Balaban J connectivity index is 2.07. The second kappa shape index (κ2) is 6.62. The number of nitrogens with zero attached hydrogens (tertiary/aromatic N) is 1. The number of thiocarbonyl (C=S) groups is 1. The topological polar surface area (TPSA) is 67.2 Å². The van der Waals surface area contributed by atoms with E-state index in [4.69, 9.17) is 12.2 Å². The molecular weight excluding hydrogens is 389 g/mol. The van der Waals surface area contributed by atoms with E-state index in [1.807, 2.05) is 24.3 Å². The highest BCUT2D eigenvalue weighted by molar-refractivity contribution is 14.1. The maximum Gasteiger partial charge on any atom is 0.271 e. The predicted molar refractivity (Wildman–Crippen MR) is 92.1 cm³/mol. The van der Waals surface area contributed by atoms with Crippen molar-refractivity contribution < 1.29 is 4.92 Å². The summed E-state index contributed by atoms with van der Waals surface area (Å²) in [4.78, 5) is 10.3. The summed E-state index contributed by atoms with van der Waals surface area (Å²) in [5.41, 5.74) is 1.48. The Morgan fingerprint density at radius 3 is 2.60 bits per heavy atom. The van der Waals surface area contributed by atoms with Crippen molar-refractivity contribution in [1.29, 1.82) is 0 Å². The van der Waals surface area contributed by atoms with Gasteiger partial charge in [0.1, 0.15) is 0 Å². The van der Waals surface area contributed by atoms with E-state index in [2.05, 4.69) is 33.2 Å². The third-order valence-electron chi connectivity index (χ3n) is 2.44. The summed E-state index contributed by atoms with van der Waals surface area (Å²) < 4.78 is 1.04.